The van der Waals surface area contributed by atoms with E-state index in [1.54, 1.807) is 0 Å². The molecule has 0 N–H and O–H groups in total. The molecular weight excluding hydrogens is 264 g/mol. The zero-order valence-electron chi connectivity index (χ0n) is 14.1. The molecule has 0 bridgehead atoms. The molecule has 1 unspecified atom stereocenters. The lowest BCUT2D eigenvalue weighted by molar-refractivity contribution is -0.153. The van der Waals surface area contributed by atoms with Crippen LogP contribution in [0.4, 0.5) is 0 Å². The van der Waals surface area contributed by atoms with E-state index in [-0.39, 0.29) is 29.7 Å². The van der Waals surface area contributed by atoms with Crippen molar-refractivity contribution < 1.29 is 14.3 Å². The van der Waals surface area contributed by atoms with Gasteiger partial charge in [0.15, 0.2) is 0 Å². The fourth-order valence-corrected chi connectivity index (χ4v) is 3.47. The summed E-state index contributed by atoms with van der Waals surface area (Å²) >= 11 is 0. The highest BCUT2D eigenvalue weighted by atomic mass is 16.6. The first-order valence-electron chi connectivity index (χ1n) is 8.81. The molecule has 21 heavy (non-hydrogen) atoms. The van der Waals surface area contributed by atoms with E-state index in [0.717, 1.165) is 19.3 Å². The Morgan fingerprint density at radius 2 is 1.62 bits per heavy atom. The molecule has 1 fully saturated rings. The molecule has 0 aliphatic carbocycles. The third-order valence-electron chi connectivity index (χ3n) is 5.20. The van der Waals surface area contributed by atoms with Gasteiger partial charge in [-0.3, -0.25) is 9.59 Å². The summed E-state index contributed by atoms with van der Waals surface area (Å²) in [4.78, 5) is 22.9. The quantitative estimate of drug-likeness (QED) is 0.305. The predicted octanol–water partition coefficient (Wildman–Crippen LogP) is 5.02. The molecule has 122 valence electrons. The summed E-state index contributed by atoms with van der Waals surface area (Å²) in [6.45, 7) is 6.66. The third kappa shape index (κ3) is 5.80. The second-order valence-electron chi connectivity index (χ2n) is 6.62. The molecule has 0 radical (unpaired) electrons. The number of carbonyl (C=O) groups is 2. The molecule has 1 heterocycles. The smallest absolute Gasteiger partial charge is 0.317 e. The molecule has 1 atom stereocenters. The van der Waals surface area contributed by atoms with Crippen molar-refractivity contribution in [2.24, 2.45) is 11.3 Å². The van der Waals surface area contributed by atoms with Gasteiger partial charge in [0, 0.05) is 0 Å². The fourth-order valence-electron chi connectivity index (χ4n) is 3.47. The molecule has 0 amide bonds. The second-order valence-corrected chi connectivity index (χ2v) is 6.62. The first-order chi connectivity index (χ1) is 10.1. The van der Waals surface area contributed by atoms with Crippen LogP contribution in [0.25, 0.3) is 0 Å². The van der Waals surface area contributed by atoms with E-state index in [1.807, 2.05) is 0 Å². The number of cyclic esters (lactones) is 2. The number of esters is 2. The van der Waals surface area contributed by atoms with Crippen LogP contribution in [-0.4, -0.2) is 11.9 Å². The Morgan fingerprint density at radius 3 is 2.14 bits per heavy atom. The summed E-state index contributed by atoms with van der Waals surface area (Å²) in [6.07, 6.45) is 12.2. The molecule has 1 aliphatic rings. The van der Waals surface area contributed by atoms with Gasteiger partial charge in [-0.15, -0.1) is 0 Å². The summed E-state index contributed by atoms with van der Waals surface area (Å²) in [5.74, 6) is -0.836. The molecule has 1 rings (SSSR count). The minimum atomic E-state index is -0.342. The van der Waals surface area contributed by atoms with Crippen molar-refractivity contribution in [2.75, 3.05) is 0 Å². The number of unbranched alkanes of at least 4 members (excludes halogenated alkanes) is 5. The van der Waals surface area contributed by atoms with Crippen LogP contribution in [0.15, 0.2) is 0 Å². The number of rotatable bonds is 11. The Bertz CT molecular complexity index is 331. The van der Waals surface area contributed by atoms with Crippen molar-refractivity contribution in [1.29, 1.82) is 0 Å². The molecule has 0 aromatic carbocycles. The topological polar surface area (TPSA) is 43.4 Å². The highest BCUT2D eigenvalue weighted by Gasteiger charge is 2.39. The van der Waals surface area contributed by atoms with Crippen LogP contribution in [0.2, 0.25) is 0 Å². The van der Waals surface area contributed by atoms with Crippen LogP contribution in [0.3, 0.4) is 0 Å². The van der Waals surface area contributed by atoms with Gasteiger partial charge in [0.05, 0.1) is 12.3 Å². The maximum absolute atomic E-state index is 11.7. The second kappa shape index (κ2) is 9.22. The summed E-state index contributed by atoms with van der Waals surface area (Å²) in [5, 5.41) is 0. The van der Waals surface area contributed by atoms with Crippen LogP contribution >= 0.6 is 0 Å². The Hall–Kier alpha value is -0.860. The highest BCUT2D eigenvalue weighted by molar-refractivity contribution is 5.94. The lowest BCUT2D eigenvalue weighted by Gasteiger charge is -2.33. The van der Waals surface area contributed by atoms with E-state index in [9.17, 15) is 9.59 Å². The van der Waals surface area contributed by atoms with Gasteiger partial charge in [-0.05, 0) is 18.3 Å². The maximum Gasteiger partial charge on any atom is 0.317 e. The minimum absolute atomic E-state index is 0.197. The first kappa shape index (κ1) is 18.2. The Labute approximate surface area is 129 Å². The Kier molecular flexibility index (Phi) is 7.98. The van der Waals surface area contributed by atoms with Crippen molar-refractivity contribution in [3.05, 3.63) is 0 Å². The number of hydrogen-bond acceptors (Lipinski definition) is 3. The number of carbonyl (C=O) groups excluding carboxylic acids is 2. The van der Waals surface area contributed by atoms with Crippen LogP contribution in [0.5, 0.6) is 0 Å². The predicted molar refractivity (Wildman–Crippen MR) is 84.8 cm³/mol. The van der Waals surface area contributed by atoms with Gasteiger partial charge in [-0.1, -0.05) is 72.1 Å². The molecule has 0 aromatic heterocycles. The van der Waals surface area contributed by atoms with Crippen molar-refractivity contribution in [3.8, 4) is 0 Å². The van der Waals surface area contributed by atoms with Gasteiger partial charge in [-0.2, -0.15) is 0 Å². The van der Waals surface area contributed by atoms with Crippen molar-refractivity contribution in [3.63, 3.8) is 0 Å². The molecule has 3 heteroatoms. The molecule has 0 spiro atoms. The summed E-state index contributed by atoms with van der Waals surface area (Å²) in [7, 11) is 0. The lowest BCUT2D eigenvalue weighted by Crippen LogP contribution is -2.25. The number of hydrogen-bond donors (Lipinski definition) is 0. The zero-order valence-corrected chi connectivity index (χ0v) is 14.1. The zero-order chi connectivity index (χ0) is 15.7. The summed E-state index contributed by atoms with van der Waals surface area (Å²) in [5.41, 5.74) is 0.207. The van der Waals surface area contributed by atoms with E-state index >= 15 is 0 Å². The van der Waals surface area contributed by atoms with Crippen molar-refractivity contribution >= 4 is 11.9 Å². The normalized spacial score (nSPS) is 19.1. The van der Waals surface area contributed by atoms with Gasteiger partial charge in [-0.25, -0.2) is 0 Å². The van der Waals surface area contributed by atoms with Crippen molar-refractivity contribution in [1.82, 2.24) is 0 Å². The van der Waals surface area contributed by atoms with E-state index in [1.165, 1.54) is 44.9 Å². The summed E-state index contributed by atoms with van der Waals surface area (Å²) in [6, 6.07) is 0. The summed E-state index contributed by atoms with van der Waals surface area (Å²) < 4.78 is 4.70. The molecule has 1 aliphatic heterocycles. The third-order valence-corrected chi connectivity index (χ3v) is 5.20. The molecule has 3 nitrogen and oxygen atoms in total. The monoisotopic (exact) mass is 296 g/mol. The minimum Gasteiger partial charge on any atom is -0.393 e. The highest BCUT2D eigenvalue weighted by Crippen LogP contribution is 2.41. The molecule has 0 saturated carbocycles. The molecule has 0 aromatic rings. The SMILES string of the molecule is CCCCCCCCC(CC)(CC)CC1CC(=O)OC1=O. The Morgan fingerprint density at radius 1 is 1.00 bits per heavy atom. The van der Waals surface area contributed by atoms with Gasteiger partial charge in [0.2, 0.25) is 0 Å². The average molecular weight is 296 g/mol. The number of ether oxygens (including phenoxy) is 1. The van der Waals surface area contributed by atoms with Crippen LogP contribution < -0.4 is 0 Å². The Balaban J connectivity index is 2.42. The van der Waals surface area contributed by atoms with Gasteiger partial charge >= 0.3 is 11.9 Å². The largest absolute Gasteiger partial charge is 0.393 e. The van der Waals surface area contributed by atoms with E-state index in [2.05, 4.69) is 20.8 Å². The first-order valence-corrected chi connectivity index (χ1v) is 8.81. The molecule has 1 saturated heterocycles. The lowest BCUT2D eigenvalue weighted by atomic mass is 9.71. The fraction of sp³-hybridized carbons (Fsp3) is 0.889. The maximum atomic E-state index is 11.7. The van der Waals surface area contributed by atoms with Crippen LogP contribution in [-0.2, 0) is 14.3 Å². The van der Waals surface area contributed by atoms with Gasteiger partial charge < -0.3 is 4.74 Å². The van der Waals surface area contributed by atoms with Gasteiger partial charge in [0.25, 0.3) is 0 Å². The van der Waals surface area contributed by atoms with E-state index in [4.69, 9.17) is 4.74 Å². The van der Waals surface area contributed by atoms with Crippen molar-refractivity contribution in [2.45, 2.75) is 91.4 Å². The van der Waals surface area contributed by atoms with Crippen LogP contribution in [0, 0.1) is 11.3 Å². The average Bonchev–Trinajstić information content (AvgIpc) is 2.79. The van der Waals surface area contributed by atoms with E-state index in [0.29, 0.717) is 0 Å². The van der Waals surface area contributed by atoms with Crippen LogP contribution in [0.1, 0.15) is 91.4 Å². The molecular formula is C18H32O3. The van der Waals surface area contributed by atoms with E-state index < -0.39 is 0 Å². The standard InChI is InChI=1S/C18H32O3/c1-4-7-8-9-10-11-12-18(5-2,6-3)14-15-13-16(19)21-17(15)20/h15H,4-14H2,1-3H3. The van der Waals surface area contributed by atoms with Gasteiger partial charge in [0.1, 0.15) is 0 Å².